The normalized spacial score (nSPS) is 15.6. The van der Waals surface area contributed by atoms with Crippen molar-refractivity contribution >= 4 is 0 Å². The monoisotopic (exact) mass is 413 g/mol. The van der Waals surface area contributed by atoms with Gasteiger partial charge in [0, 0.05) is 36.0 Å². The van der Waals surface area contributed by atoms with E-state index in [0.29, 0.717) is 24.3 Å². The molecule has 1 atom stereocenters. The molecule has 1 fully saturated rings. The van der Waals surface area contributed by atoms with Crippen molar-refractivity contribution in [3.63, 3.8) is 0 Å². The number of hydrogen-bond acceptors (Lipinski definition) is 3. The molecule has 1 N–H and O–H groups in total. The molecule has 1 aliphatic heterocycles. The smallest absolute Gasteiger partial charge is 0.136 e. The Bertz CT molecular complexity index is 1120. The van der Waals surface area contributed by atoms with E-state index in [9.17, 15) is 0 Å². The number of hydrogen-bond donors (Lipinski definition) is 1. The standard InChI is InChI=1S/C26H24FN3O/c27-25-23(21-11-9-20(10-12-21)19-5-2-1-3-6-19)7-4-8-24(25)26(22-17-28-29-18-22)30-13-15-31-16-14-30/h1-12,17-18,26H,13-16H2,(H,28,29). The molecule has 0 amide bonds. The molecule has 1 saturated heterocycles. The lowest BCUT2D eigenvalue weighted by atomic mass is 9.93. The summed E-state index contributed by atoms with van der Waals surface area (Å²) in [7, 11) is 0. The molecule has 5 rings (SSSR count). The Balaban J connectivity index is 1.52. The Morgan fingerprint density at radius 2 is 1.55 bits per heavy atom. The van der Waals surface area contributed by atoms with Gasteiger partial charge in [0.1, 0.15) is 5.82 Å². The van der Waals surface area contributed by atoms with Crippen LogP contribution in [0.1, 0.15) is 17.2 Å². The second-order valence-electron chi connectivity index (χ2n) is 7.73. The summed E-state index contributed by atoms with van der Waals surface area (Å²) in [6.07, 6.45) is 3.63. The van der Waals surface area contributed by atoms with Gasteiger partial charge in [0.25, 0.3) is 0 Å². The molecule has 4 nitrogen and oxygen atoms in total. The van der Waals surface area contributed by atoms with Crippen LogP contribution in [0.3, 0.4) is 0 Å². The predicted molar refractivity (Wildman–Crippen MR) is 120 cm³/mol. The van der Waals surface area contributed by atoms with E-state index in [1.54, 1.807) is 6.20 Å². The van der Waals surface area contributed by atoms with Crippen molar-refractivity contribution < 1.29 is 9.13 Å². The van der Waals surface area contributed by atoms with Crippen LogP contribution in [0.2, 0.25) is 0 Å². The Morgan fingerprint density at radius 1 is 0.839 bits per heavy atom. The van der Waals surface area contributed by atoms with Crippen LogP contribution in [0.15, 0.2) is 85.2 Å². The number of aromatic amines is 1. The molecular formula is C26H24FN3O. The molecule has 0 radical (unpaired) electrons. The molecule has 3 aromatic carbocycles. The van der Waals surface area contributed by atoms with Crippen molar-refractivity contribution in [2.45, 2.75) is 6.04 Å². The number of benzene rings is 3. The predicted octanol–water partition coefficient (Wildman–Crippen LogP) is 5.30. The van der Waals surface area contributed by atoms with Crippen molar-refractivity contribution in [3.05, 3.63) is 102 Å². The molecule has 1 unspecified atom stereocenters. The number of nitrogens with zero attached hydrogens (tertiary/aromatic N) is 2. The van der Waals surface area contributed by atoms with Crippen molar-refractivity contribution in [1.29, 1.82) is 0 Å². The second kappa shape index (κ2) is 8.84. The van der Waals surface area contributed by atoms with Crippen LogP contribution in [0.4, 0.5) is 4.39 Å². The minimum Gasteiger partial charge on any atom is -0.379 e. The molecule has 0 bridgehead atoms. The first kappa shape index (κ1) is 19.7. The summed E-state index contributed by atoms with van der Waals surface area (Å²) in [5.74, 6) is -0.187. The zero-order valence-corrected chi connectivity index (χ0v) is 17.2. The summed E-state index contributed by atoms with van der Waals surface area (Å²) in [5.41, 5.74) is 5.36. The van der Waals surface area contributed by atoms with Gasteiger partial charge < -0.3 is 4.74 Å². The van der Waals surface area contributed by atoms with E-state index < -0.39 is 0 Å². The zero-order valence-electron chi connectivity index (χ0n) is 17.2. The average molecular weight is 413 g/mol. The minimum absolute atomic E-state index is 0.187. The molecular weight excluding hydrogens is 389 g/mol. The highest BCUT2D eigenvalue weighted by Gasteiger charge is 2.28. The number of halogens is 1. The van der Waals surface area contributed by atoms with Crippen LogP contribution >= 0.6 is 0 Å². The average Bonchev–Trinajstić information content (AvgIpc) is 3.36. The third-order valence-corrected chi connectivity index (χ3v) is 5.87. The van der Waals surface area contributed by atoms with E-state index in [0.717, 1.165) is 35.3 Å². The first-order chi connectivity index (χ1) is 15.3. The first-order valence-corrected chi connectivity index (χ1v) is 10.6. The fraction of sp³-hybridized carbons (Fsp3) is 0.192. The van der Waals surface area contributed by atoms with E-state index in [1.807, 2.05) is 66.9 Å². The van der Waals surface area contributed by atoms with Crippen LogP contribution in [-0.2, 0) is 4.74 Å². The summed E-state index contributed by atoms with van der Waals surface area (Å²) in [4.78, 5) is 2.26. The van der Waals surface area contributed by atoms with Crippen molar-refractivity contribution in [1.82, 2.24) is 15.1 Å². The van der Waals surface area contributed by atoms with Gasteiger partial charge >= 0.3 is 0 Å². The number of ether oxygens (including phenoxy) is 1. The van der Waals surface area contributed by atoms with E-state index >= 15 is 4.39 Å². The summed E-state index contributed by atoms with van der Waals surface area (Å²) in [6, 6.07) is 23.7. The van der Waals surface area contributed by atoms with Crippen LogP contribution in [0.25, 0.3) is 22.3 Å². The lowest BCUT2D eigenvalue weighted by molar-refractivity contribution is 0.0234. The lowest BCUT2D eigenvalue weighted by Gasteiger charge is -2.34. The summed E-state index contributed by atoms with van der Waals surface area (Å²) in [5, 5.41) is 6.98. The van der Waals surface area contributed by atoms with E-state index in [1.165, 1.54) is 0 Å². The fourth-order valence-corrected chi connectivity index (χ4v) is 4.29. The molecule has 0 spiro atoms. The molecule has 1 aliphatic rings. The quantitative estimate of drug-likeness (QED) is 0.482. The Hall–Kier alpha value is -3.28. The van der Waals surface area contributed by atoms with Gasteiger partial charge in [0.2, 0.25) is 0 Å². The molecule has 0 aliphatic carbocycles. The highest BCUT2D eigenvalue weighted by atomic mass is 19.1. The van der Waals surface area contributed by atoms with Crippen LogP contribution < -0.4 is 0 Å². The maximum absolute atomic E-state index is 15.9. The highest BCUT2D eigenvalue weighted by molar-refractivity contribution is 5.71. The van der Waals surface area contributed by atoms with Gasteiger partial charge in [-0.3, -0.25) is 10.00 Å². The van der Waals surface area contributed by atoms with Crippen LogP contribution in [-0.4, -0.2) is 41.4 Å². The fourth-order valence-electron chi connectivity index (χ4n) is 4.29. The van der Waals surface area contributed by atoms with E-state index in [4.69, 9.17) is 4.74 Å². The van der Waals surface area contributed by atoms with Gasteiger partial charge in [-0.15, -0.1) is 0 Å². The van der Waals surface area contributed by atoms with Gasteiger partial charge in [-0.05, 0) is 16.7 Å². The lowest BCUT2D eigenvalue weighted by Crippen LogP contribution is -2.39. The van der Waals surface area contributed by atoms with Gasteiger partial charge in [0.15, 0.2) is 0 Å². The van der Waals surface area contributed by atoms with Gasteiger partial charge in [-0.1, -0.05) is 72.8 Å². The molecule has 2 heterocycles. The molecule has 5 heteroatoms. The molecule has 4 aromatic rings. The van der Waals surface area contributed by atoms with Crippen molar-refractivity contribution in [3.8, 4) is 22.3 Å². The number of nitrogens with one attached hydrogen (secondary N) is 1. The Morgan fingerprint density at radius 3 is 2.26 bits per heavy atom. The minimum atomic E-state index is -0.203. The van der Waals surface area contributed by atoms with Gasteiger partial charge in [-0.2, -0.15) is 5.10 Å². The molecule has 31 heavy (non-hydrogen) atoms. The third-order valence-electron chi connectivity index (χ3n) is 5.87. The Labute approximate surface area is 181 Å². The topological polar surface area (TPSA) is 41.2 Å². The summed E-state index contributed by atoms with van der Waals surface area (Å²) >= 11 is 0. The third kappa shape index (κ3) is 4.02. The number of H-pyrrole nitrogens is 1. The second-order valence-corrected chi connectivity index (χ2v) is 7.73. The number of aromatic nitrogens is 2. The molecule has 0 saturated carbocycles. The van der Waals surface area contributed by atoms with Crippen molar-refractivity contribution in [2.24, 2.45) is 0 Å². The Kier molecular flexibility index (Phi) is 5.61. The number of rotatable bonds is 5. The maximum Gasteiger partial charge on any atom is 0.136 e. The van der Waals surface area contributed by atoms with Gasteiger partial charge in [0.05, 0.1) is 25.5 Å². The largest absolute Gasteiger partial charge is 0.379 e. The summed E-state index contributed by atoms with van der Waals surface area (Å²) in [6.45, 7) is 2.81. The van der Waals surface area contributed by atoms with Crippen LogP contribution in [0.5, 0.6) is 0 Å². The van der Waals surface area contributed by atoms with E-state index in [2.05, 4.69) is 27.2 Å². The van der Waals surface area contributed by atoms with E-state index in [-0.39, 0.29) is 11.9 Å². The molecule has 1 aromatic heterocycles. The van der Waals surface area contributed by atoms with Crippen LogP contribution in [0, 0.1) is 5.82 Å². The van der Waals surface area contributed by atoms with Gasteiger partial charge in [-0.25, -0.2) is 4.39 Å². The first-order valence-electron chi connectivity index (χ1n) is 10.6. The number of morpholine rings is 1. The van der Waals surface area contributed by atoms with Crippen molar-refractivity contribution in [2.75, 3.05) is 26.3 Å². The zero-order chi connectivity index (χ0) is 21.0. The summed E-state index contributed by atoms with van der Waals surface area (Å²) < 4.78 is 21.4. The maximum atomic E-state index is 15.9. The SMILES string of the molecule is Fc1c(-c2ccc(-c3ccccc3)cc2)cccc1C(c1cn[nH]c1)N1CCOCC1. The molecule has 156 valence electrons. The highest BCUT2D eigenvalue weighted by Crippen LogP contribution is 2.35.